The van der Waals surface area contributed by atoms with Crippen LogP contribution in [-0.4, -0.2) is 51.8 Å². The number of nitrogens with zero attached hydrogens (tertiary/aromatic N) is 3. The molecule has 0 bridgehead atoms. The summed E-state index contributed by atoms with van der Waals surface area (Å²) >= 11 is 1.89. The lowest BCUT2D eigenvalue weighted by atomic mass is 10.00. The second-order valence-electron chi connectivity index (χ2n) is 6.26. The predicted molar refractivity (Wildman–Crippen MR) is 94.0 cm³/mol. The Morgan fingerprint density at radius 1 is 1.17 bits per heavy atom. The molecule has 2 aliphatic rings. The fourth-order valence-corrected chi connectivity index (χ4v) is 4.19. The van der Waals surface area contributed by atoms with Gasteiger partial charge in [-0.3, -0.25) is 9.69 Å². The van der Waals surface area contributed by atoms with Gasteiger partial charge in [-0.2, -0.15) is 11.8 Å². The van der Waals surface area contributed by atoms with Gasteiger partial charge in [0.05, 0.1) is 6.54 Å². The zero-order valence-electron chi connectivity index (χ0n) is 13.6. The summed E-state index contributed by atoms with van der Waals surface area (Å²) in [7, 11) is 0. The predicted octanol–water partition coefficient (Wildman–Crippen LogP) is 2.42. The third-order valence-corrected chi connectivity index (χ3v) is 5.58. The first-order valence-corrected chi connectivity index (χ1v) is 9.55. The molecule has 1 aromatic heterocycles. The summed E-state index contributed by atoms with van der Waals surface area (Å²) in [5.41, 5.74) is 3.24. The van der Waals surface area contributed by atoms with Crippen molar-refractivity contribution in [3.05, 3.63) is 53.2 Å². The Labute approximate surface area is 146 Å². The molecule has 126 valence electrons. The molecule has 1 amide bonds. The van der Waals surface area contributed by atoms with Gasteiger partial charge in [0.1, 0.15) is 6.26 Å². The molecule has 1 saturated heterocycles. The molecule has 2 aliphatic heterocycles. The van der Waals surface area contributed by atoms with E-state index in [0.717, 1.165) is 44.1 Å². The lowest BCUT2D eigenvalue weighted by molar-refractivity contribution is 0.0766. The summed E-state index contributed by atoms with van der Waals surface area (Å²) in [5, 5.41) is 0. The summed E-state index contributed by atoms with van der Waals surface area (Å²) < 4.78 is 5.56. The van der Waals surface area contributed by atoms with Crippen molar-refractivity contribution in [3.8, 4) is 0 Å². The van der Waals surface area contributed by atoms with Crippen LogP contribution in [0.3, 0.4) is 0 Å². The Bertz CT molecular complexity index is 725. The Morgan fingerprint density at radius 3 is 2.79 bits per heavy atom. The van der Waals surface area contributed by atoms with Crippen LogP contribution in [0.1, 0.15) is 27.5 Å². The zero-order chi connectivity index (χ0) is 16.4. The molecule has 0 aliphatic carbocycles. The van der Waals surface area contributed by atoms with E-state index in [0.29, 0.717) is 18.1 Å². The molecule has 0 saturated carbocycles. The van der Waals surface area contributed by atoms with E-state index in [1.807, 2.05) is 16.7 Å². The summed E-state index contributed by atoms with van der Waals surface area (Å²) in [4.78, 5) is 21.1. The van der Waals surface area contributed by atoms with E-state index in [-0.39, 0.29) is 5.91 Å². The van der Waals surface area contributed by atoms with E-state index in [2.05, 4.69) is 34.1 Å². The molecule has 5 nitrogen and oxygen atoms in total. The van der Waals surface area contributed by atoms with Gasteiger partial charge in [-0.15, -0.1) is 0 Å². The number of aromatic nitrogens is 1. The van der Waals surface area contributed by atoms with Gasteiger partial charge in [-0.1, -0.05) is 24.3 Å². The lowest BCUT2D eigenvalue weighted by Gasteiger charge is -2.27. The topological polar surface area (TPSA) is 49.6 Å². The van der Waals surface area contributed by atoms with Crippen molar-refractivity contribution < 1.29 is 9.21 Å². The molecule has 6 heteroatoms. The number of fused-ring (bicyclic) bond motifs is 1. The standard InChI is InChI=1S/C18H21N3O2S/c22-18(21-7-9-24-10-8-21)16-13-23-17(19-16)12-20-6-5-14-3-1-2-4-15(14)11-20/h1-4,13H,5-12H2. The van der Waals surface area contributed by atoms with Crippen LogP contribution in [-0.2, 0) is 19.5 Å². The first-order chi connectivity index (χ1) is 11.8. The Balaban J connectivity index is 1.40. The van der Waals surface area contributed by atoms with Gasteiger partial charge in [0, 0.05) is 37.7 Å². The molecule has 0 unspecified atom stereocenters. The molecular formula is C18H21N3O2S. The van der Waals surface area contributed by atoms with Crippen LogP contribution in [0.2, 0.25) is 0 Å². The number of rotatable bonds is 3. The number of hydrogen-bond acceptors (Lipinski definition) is 5. The van der Waals surface area contributed by atoms with Gasteiger partial charge in [0.2, 0.25) is 5.89 Å². The number of thioether (sulfide) groups is 1. The van der Waals surface area contributed by atoms with Crippen molar-refractivity contribution in [1.82, 2.24) is 14.8 Å². The van der Waals surface area contributed by atoms with Gasteiger partial charge in [0.25, 0.3) is 5.91 Å². The van der Waals surface area contributed by atoms with Crippen molar-refractivity contribution in [1.29, 1.82) is 0 Å². The van der Waals surface area contributed by atoms with Crippen molar-refractivity contribution >= 4 is 17.7 Å². The van der Waals surface area contributed by atoms with Crippen LogP contribution in [0.25, 0.3) is 0 Å². The minimum absolute atomic E-state index is 0.00529. The van der Waals surface area contributed by atoms with E-state index in [9.17, 15) is 4.79 Å². The minimum atomic E-state index is -0.00529. The Hall–Kier alpha value is -1.79. The second-order valence-corrected chi connectivity index (χ2v) is 7.49. The fourth-order valence-electron chi connectivity index (χ4n) is 3.29. The highest BCUT2D eigenvalue weighted by atomic mass is 32.2. The van der Waals surface area contributed by atoms with Crippen molar-refractivity contribution in [2.24, 2.45) is 0 Å². The van der Waals surface area contributed by atoms with Gasteiger partial charge in [-0.25, -0.2) is 4.98 Å². The SMILES string of the molecule is O=C(c1coc(CN2CCc3ccccc3C2)n1)N1CCSCC1. The highest BCUT2D eigenvalue weighted by Gasteiger charge is 2.23. The molecule has 0 radical (unpaired) electrons. The summed E-state index contributed by atoms with van der Waals surface area (Å²) in [5.74, 6) is 2.63. The van der Waals surface area contributed by atoms with Crippen molar-refractivity contribution in [2.75, 3.05) is 31.1 Å². The minimum Gasteiger partial charge on any atom is -0.447 e. The average molecular weight is 343 g/mol. The van der Waals surface area contributed by atoms with E-state index in [1.54, 1.807) is 0 Å². The van der Waals surface area contributed by atoms with Crippen LogP contribution < -0.4 is 0 Å². The molecule has 0 N–H and O–H groups in total. The van der Waals surface area contributed by atoms with Crippen molar-refractivity contribution in [2.45, 2.75) is 19.5 Å². The molecule has 3 heterocycles. The Morgan fingerprint density at radius 2 is 1.96 bits per heavy atom. The lowest BCUT2D eigenvalue weighted by Crippen LogP contribution is -2.38. The van der Waals surface area contributed by atoms with E-state index in [1.165, 1.54) is 17.4 Å². The van der Waals surface area contributed by atoms with E-state index >= 15 is 0 Å². The maximum absolute atomic E-state index is 12.4. The summed E-state index contributed by atoms with van der Waals surface area (Å²) in [6.07, 6.45) is 2.56. The molecule has 1 fully saturated rings. The molecule has 24 heavy (non-hydrogen) atoms. The average Bonchev–Trinajstić information content (AvgIpc) is 3.10. The normalized spacial score (nSPS) is 18.4. The van der Waals surface area contributed by atoms with Crippen LogP contribution in [0.4, 0.5) is 0 Å². The molecule has 0 atom stereocenters. The smallest absolute Gasteiger partial charge is 0.275 e. The number of carbonyl (C=O) groups is 1. The van der Waals surface area contributed by atoms with Crippen LogP contribution in [0.5, 0.6) is 0 Å². The maximum atomic E-state index is 12.4. The third-order valence-electron chi connectivity index (χ3n) is 4.64. The molecule has 2 aromatic rings. The first-order valence-electron chi connectivity index (χ1n) is 8.40. The second kappa shape index (κ2) is 6.99. The van der Waals surface area contributed by atoms with Crippen molar-refractivity contribution in [3.63, 3.8) is 0 Å². The zero-order valence-corrected chi connectivity index (χ0v) is 14.4. The largest absolute Gasteiger partial charge is 0.447 e. The fraction of sp³-hybridized carbons (Fsp3) is 0.444. The van der Waals surface area contributed by atoms with Crippen LogP contribution in [0, 0.1) is 0 Å². The van der Waals surface area contributed by atoms with E-state index in [4.69, 9.17) is 4.42 Å². The first kappa shape index (κ1) is 15.7. The highest BCUT2D eigenvalue weighted by molar-refractivity contribution is 7.99. The Kier molecular flexibility index (Phi) is 4.58. The maximum Gasteiger partial charge on any atom is 0.275 e. The molecule has 4 rings (SSSR count). The van der Waals surface area contributed by atoms with Gasteiger partial charge >= 0.3 is 0 Å². The van der Waals surface area contributed by atoms with E-state index < -0.39 is 0 Å². The van der Waals surface area contributed by atoms with Gasteiger partial charge < -0.3 is 9.32 Å². The number of hydrogen-bond donors (Lipinski definition) is 0. The molecule has 1 aromatic carbocycles. The number of amides is 1. The highest BCUT2D eigenvalue weighted by Crippen LogP contribution is 2.20. The number of benzene rings is 1. The van der Waals surface area contributed by atoms with Gasteiger partial charge in [0.15, 0.2) is 5.69 Å². The summed E-state index contributed by atoms with van der Waals surface area (Å²) in [6.45, 7) is 4.15. The summed E-state index contributed by atoms with van der Waals surface area (Å²) in [6, 6.07) is 8.56. The monoisotopic (exact) mass is 343 g/mol. The van der Waals surface area contributed by atoms with Crippen LogP contribution >= 0.6 is 11.8 Å². The quantitative estimate of drug-likeness (QED) is 0.857. The molecular weight excluding hydrogens is 322 g/mol. The third kappa shape index (κ3) is 3.35. The van der Waals surface area contributed by atoms with Crippen LogP contribution in [0.15, 0.2) is 34.9 Å². The number of oxazole rings is 1. The molecule has 0 spiro atoms. The number of carbonyl (C=O) groups excluding carboxylic acids is 1. The van der Waals surface area contributed by atoms with Gasteiger partial charge in [-0.05, 0) is 17.5 Å².